The van der Waals surface area contributed by atoms with Crippen molar-refractivity contribution in [3.8, 4) is 0 Å². The van der Waals surface area contributed by atoms with Crippen LogP contribution in [-0.4, -0.2) is 19.0 Å². The summed E-state index contributed by atoms with van der Waals surface area (Å²) < 4.78 is 0. The van der Waals surface area contributed by atoms with E-state index in [2.05, 4.69) is 11.4 Å². The molecule has 0 atom stereocenters. The summed E-state index contributed by atoms with van der Waals surface area (Å²) in [6.45, 7) is 5.10. The zero-order valence-electron chi connectivity index (χ0n) is 9.34. The van der Waals surface area contributed by atoms with Gasteiger partial charge in [-0.1, -0.05) is 29.3 Å². The minimum Gasteiger partial charge on any atom is -0.355 e. The second-order valence-corrected chi connectivity index (χ2v) is 3.81. The number of nitrogens with two attached hydrogens (primary N) is 1. The van der Waals surface area contributed by atoms with Gasteiger partial charge in [0.15, 0.2) is 0 Å². The molecule has 1 rings (SSSR count). The molecule has 82 valence electrons. The number of aryl methyl sites for hydroxylation is 2. The molecule has 3 N–H and O–H groups in total. The highest BCUT2D eigenvalue weighted by atomic mass is 16.1. The van der Waals surface area contributed by atoms with Gasteiger partial charge in [0, 0.05) is 13.1 Å². The monoisotopic (exact) mass is 206 g/mol. The summed E-state index contributed by atoms with van der Waals surface area (Å²) >= 11 is 0. The predicted molar refractivity (Wildman–Crippen MR) is 61.7 cm³/mol. The van der Waals surface area contributed by atoms with Crippen LogP contribution in [-0.2, 0) is 11.2 Å². The average Bonchev–Trinajstić information content (AvgIpc) is 2.13. The van der Waals surface area contributed by atoms with Crippen LogP contribution >= 0.6 is 0 Å². The fourth-order valence-electron chi connectivity index (χ4n) is 1.63. The lowest BCUT2D eigenvalue weighted by Gasteiger charge is -2.05. The number of hydrogen-bond donors (Lipinski definition) is 2. The molecule has 3 nitrogen and oxygen atoms in total. The molecule has 0 aliphatic heterocycles. The minimum absolute atomic E-state index is 0.0328. The Hall–Kier alpha value is -1.35. The quantitative estimate of drug-likeness (QED) is 0.769. The number of benzene rings is 1. The first kappa shape index (κ1) is 11.7. The van der Waals surface area contributed by atoms with E-state index in [1.54, 1.807) is 0 Å². The largest absolute Gasteiger partial charge is 0.355 e. The third-order valence-corrected chi connectivity index (χ3v) is 2.11. The van der Waals surface area contributed by atoms with Crippen LogP contribution in [0, 0.1) is 13.8 Å². The van der Waals surface area contributed by atoms with E-state index in [-0.39, 0.29) is 5.91 Å². The van der Waals surface area contributed by atoms with Crippen molar-refractivity contribution in [1.29, 1.82) is 0 Å². The molecule has 0 unspecified atom stereocenters. The molecule has 1 amide bonds. The summed E-state index contributed by atoms with van der Waals surface area (Å²) in [4.78, 5) is 11.4. The molecule has 15 heavy (non-hydrogen) atoms. The Morgan fingerprint density at radius 1 is 1.27 bits per heavy atom. The molecule has 1 aromatic carbocycles. The molecule has 0 heterocycles. The van der Waals surface area contributed by atoms with Crippen molar-refractivity contribution < 1.29 is 4.79 Å². The van der Waals surface area contributed by atoms with Crippen molar-refractivity contribution in [2.45, 2.75) is 20.3 Å². The van der Waals surface area contributed by atoms with Gasteiger partial charge in [0.2, 0.25) is 5.91 Å². The second-order valence-electron chi connectivity index (χ2n) is 3.81. The van der Waals surface area contributed by atoms with Crippen LogP contribution in [0.15, 0.2) is 18.2 Å². The highest BCUT2D eigenvalue weighted by Crippen LogP contribution is 2.09. The van der Waals surface area contributed by atoms with Gasteiger partial charge in [-0.2, -0.15) is 0 Å². The van der Waals surface area contributed by atoms with Crippen LogP contribution in [0.4, 0.5) is 0 Å². The first-order valence-electron chi connectivity index (χ1n) is 5.16. The number of nitrogens with one attached hydrogen (secondary N) is 1. The summed E-state index contributed by atoms with van der Waals surface area (Å²) in [6, 6.07) is 6.17. The van der Waals surface area contributed by atoms with E-state index < -0.39 is 0 Å². The highest BCUT2D eigenvalue weighted by Gasteiger charge is 2.03. The van der Waals surface area contributed by atoms with E-state index in [9.17, 15) is 4.79 Å². The molecular weight excluding hydrogens is 188 g/mol. The van der Waals surface area contributed by atoms with Gasteiger partial charge < -0.3 is 11.1 Å². The zero-order chi connectivity index (χ0) is 11.3. The van der Waals surface area contributed by atoms with Gasteiger partial charge in [0.05, 0.1) is 6.42 Å². The van der Waals surface area contributed by atoms with E-state index in [4.69, 9.17) is 5.73 Å². The third-order valence-electron chi connectivity index (χ3n) is 2.11. The van der Waals surface area contributed by atoms with Gasteiger partial charge in [-0.25, -0.2) is 0 Å². The Labute approximate surface area is 90.7 Å². The SMILES string of the molecule is Cc1cc(C)cc(CC(=O)NCCN)c1. The van der Waals surface area contributed by atoms with Crippen molar-refractivity contribution in [2.24, 2.45) is 5.73 Å². The maximum Gasteiger partial charge on any atom is 0.224 e. The maximum absolute atomic E-state index is 11.4. The average molecular weight is 206 g/mol. The summed E-state index contributed by atoms with van der Waals surface area (Å²) in [5.74, 6) is 0.0328. The number of hydrogen-bond acceptors (Lipinski definition) is 2. The van der Waals surface area contributed by atoms with Gasteiger partial charge >= 0.3 is 0 Å². The second kappa shape index (κ2) is 5.51. The smallest absolute Gasteiger partial charge is 0.224 e. The Kier molecular flexibility index (Phi) is 4.31. The fraction of sp³-hybridized carbons (Fsp3) is 0.417. The van der Waals surface area contributed by atoms with Crippen molar-refractivity contribution in [2.75, 3.05) is 13.1 Å². The molecule has 1 aromatic rings. The van der Waals surface area contributed by atoms with Crippen LogP contribution in [0.5, 0.6) is 0 Å². The van der Waals surface area contributed by atoms with Gasteiger partial charge in [0.25, 0.3) is 0 Å². The predicted octanol–water partition coefficient (Wildman–Crippen LogP) is 0.921. The minimum atomic E-state index is 0.0328. The number of carbonyl (C=O) groups excluding carboxylic acids is 1. The first-order valence-corrected chi connectivity index (χ1v) is 5.16. The molecule has 0 aliphatic rings. The standard InChI is InChI=1S/C12H18N2O/c1-9-5-10(2)7-11(6-9)8-12(15)14-4-3-13/h5-7H,3-4,8,13H2,1-2H3,(H,14,15). The summed E-state index contributed by atoms with van der Waals surface area (Å²) in [5.41, 5.74) is 8.74. The molecule has 0 spiro atoms. The third kappa shape index (κ3) is 4.13. The van der Waals surface area contributed by atoms with Crippen molar-refractivity contribution in [3.63, 3.8) is 0 Å². The first-order chi connectivity index (χ1) is 7.11. The van der Waals surface area contributed by atoms with Gasteiger partial charge in [-0.3, -0.25) is 4.79 Å². The molecule has 3 heteroatoms. The number of amides is 1. The molecule has 0 saturated carbocycles. The van der Waals surface area contributed by atoms with Crippen LogP contribution < -0.4 is 11.1 Å². The van der Waals surface area contributed by atoms with E-state index in [0.717, 1.165) is 5.56 Å². The molecule has 0 aliphatic carbocycles. The zero-order valence-corrected chi connectivity index (χ0v) is 9.34. The Bertz CT molecular complexity index is 327. The van der Waals surface area contributed by atoms with E-state index in [1.165, 1.54) is 11.1 Å². The number of rotatable bonds is 4. The molecule has 0 saturated heterocycles. The Balaban J connectivity index is 2.60. The van der Waals surface area contributed by atoms with Gasteiger partial charge in [-0.05, 0) is 19.4 Å². The summed E-state index contributed by atoms with van der Waals surface area (Å²) in [5, 5.41) is 2.76. The highest BCUT2D eigenvalue weighted by molar-refractivity contribution is 5.78. The van der Waals surface area contributed by atoms with E-state index in [1.807, 2.05) is 26.0 Å². The number of carbonyl (C=O) groups is 1. The molecular formula is C12H18N2O. The Morgan fingerprint density at radius 3 is 2.40 bits per heavy atom. The lowest BCUT2D eigenvalue weighted by molar-refractivity contribution is -0.120. The Morgan fingerprint density at radius 2 is 1.87 bits per heavy atom. The van der Waals surface area contributed by atoms with Crippen LogP contribution in [0.3, 0.4) is 0 Å². The summed E-state index contributed by atoms with van der Waals surface area (Å²) in [6.07, 6.45) is 0.433. The molecule has 0 bridgehead atoms. The van der Waals surface area contributed by atoms with Crippen molar-refractivity contribution in [1.82, 2.24) is 5.32 Å². The fourth-order valence-corrected chi connectivity index (χ4v) is 1.63. The molecule has 0 fully saturated rings. The summed E-state index contributed by atoms with van der Waals surface area (Å²) in [7, 11) is 0. The molecule has 0 radical (unpaired) electrons. The maximum atomic E-state index is 11.4. The lowest BCUT2D eigenvalue weighted by atomic mass is 10.0. The molecule has 0 aromatic heterocycles. The normalized spacial score (nSPS) is 10.1. The van der Waals surface area contributed by atoms with Crippen molar-refractivity contribution >= 4 is 5.91 Å². The van der Waals surface area contributed by atoms with Crippen LogP contribution in [0.2, 0.25) is 0 Å². The van der Waals surface area contributed by atoms with E-state index >= 15 is 0 Å². The topological polar surface area (TPSA) is 55.1 Å². The van der Waals surface area contributed by atoms with Crippen LogP contribution in [0.1, 0.15) is 16.7 Å². The van der Waals surface area contributed by atoms with Crippen molar-refractivity contribution in [3.05, 3.63) is 34.9 Å². The van der Waals surface area contributed by atoms with Crippen LogP contribution in [0.25, 0.3) is 0 Å². The van der Waals surface area contributed by atoms with E-state index in [0.29, 0.717) is 19.5 Å². The van der Waals surface area contributed by atoms with Gasteiger partial charge in [-0.15, -0.1) is 0 Å². The van der Waals surface area contributed by atoms with Gasteiger partial charge in [0.1, 0.15) is 0 Å². The lowest BCUT2D eigenvalue weighted by Crippen LogP contribution is -2.30.